The van der Waals surface area contributed by atoms with Crippen LogP contribution in [0.3, 0.4) is 0 Å². The monoisotopic (exact) mass is 817 g/mol. The molecule has 0 aliphatic carbocycles. The Balaban J connectivity index is 1.15. The highest BCUT2D eigenvalue weighted by molar-refractivity contribution is 6.25. The van der Waals surface area contributed by atoms with Gasteiger partial charge in [0, 0.05) is 49.4 Å². The molecule has 0 saturated heterocycles. The van der Waals surface area contributed by atoms with Crippen LogP contribution in [0.1, 0.15) is 22.3 Å². The number of nitrogens with zero attached hydrogens (tertiary/aromatic N) is 7. The molecule has 7 nitrogen and oxygen atoms in total. The summed E-state index contributed by atoms with van der Waals surface area (Å²) in [4.78, 5) is 25.7. The normalized spacial score (nSPS) is 11.2. The van der Waals surface area contributed by atoms with E-state index in [2.05, 4.69) is 74.5 Å². The predicted octanol–water partition coefficient (Wildman–Crippen LogP) is 13.6. The zero-order valence-corrected chi connectivity index (χ0v) is 34.9. The van der Waals surface area contributed by atoms with Gasteiger partial charge in [-0.25, -0.2) is 24.9 Å². The first-order chi connectivity index (χ1) is 31.4. The van der Waals surface area contributed by atoms with Gasteiger partial charge >= 0.3 is 0 Å². The smallest absolute Gasteiger partial charge is 0.164 e. The lowest BCUT2D eigenvalue weighted by molar-refractivity contribution is 1.07. The van der Waals surface area contributed by atoms with Crippen molar-refractivity contribution in [3.8, 4) is 79.9 Å². The molecule has 0 atom stereocenters. The molecular formula is C57H35N7. The van der Waals surface area contributed by atoms with Crippen molar-refractivity contribution in [3.05, 3.63) is 198 Å². The Kier molecular flexibility index (Phi) is 9.23. The van der Waals surface area contributed by atoms with Crippen LogP contribution in [0, 0.1) is 36.5 Å². The molecule has 0 N–H and O–H groups in total. The minimum absolute atomic E-state index is 0.583. The first-order valence-electron chi connectivity index (χ1n) is 21.0. The second-order valence-electron chi connectivity index (χ2n) is 15.9. The van der Waals surface area contributed by atoms with E-state index in [1.807, 2.05) is 127 Å². The molecule has 0 aliphatic rings. The molecule has 3 aromatic heterocycles. The molecule has 0 radical (unpaired) electrons. The third kappa shape index (κ3) is 6.48. The summed E-state index contributed by atoms with van der Waals surface area (Å²) in [7, 11) is 0. The summed E-state index contributed by atoms with van der Waals surface area (Å²) in [5.74, 6) is 1.80. The van der Waals surface area contributed by atoms with Crippen molar-refractivity contribution in [3.63, 3.8) is 0 Å². The minimum atomic E-state index is 0.583. The number of rotatable bonds is 6. The van der Waals surface area contributed by atoms with E-state index in [1.54, 1.807) is 0 Å². The third-order valence-corrected chi connectivity index (χ3v) is 12.1. The zero-order valence-electron chi connectivity index (χ0n) is 34.9. The molecule has 298 valence electrons. The maximum Gasteiger partial charge on any atom is 0.164 e. The van der Waals surface area contributed by atoms with Gasteiger partial charge in [0.2, 0.25) is 0 Å². The third-order valence-electron chi connectivity index (χ3n) is 12.1. The number of nitriles is 2. The highest BCUT2D eigenvalue weighted by Crippen LogP contribution is 2.46. The molecule has 7 heteroatoms. The van der Waals surface area contributed by atoms with Crippen molar-refractivity contribution >= 4 is 43.4 Å². The molecule has 0 spiro atoms. The fourth-order valence-corrected chi connectivity index (χ4v) is 9.01. The fourth-order valence-electron chi connectivity index (χ4n) is 9.01. The summed E-state index contributed by atoms with van der Waals surface area (Å²) in [6, 6.07) is 63.0. The summed E-state index contributed by atoms with van der Waals surface area (Å²) in [6.45, 7) is 4.38. The highest BCUT2D eigenvalue weighted by atomic mass is 15.0. The molecule has 3 heterocycles. The van der Waals surface area contributed by atoms with Gasteiger partial charge in [-0.1, -0.05) is 133 Å². The van der Waals surface area contributed by atoms with Crippen molar-refractivity contribution < 1.29 is 0 Å². The summed E-state index contributed by atoms with van der Waals surface area (Å²) in [5.41, 5.74) is 13.3. The van der Waals surface area contributed by atoms with Crippen LogP contribution in [0.2, 0.25) is 0 Å². The second-order valence-corrected chi connectivity index (χ2v) is 15.9. The average molecular weight is 818 g/mol. The maximum absolute atomic E-state index is 9.73. The molecule has 0 fully saturated rings. The van der Waals surface area contributed by atoms with Crippen LogP contribution >= 0.6 is 0 Å². The highest BCUT2D eigenvalue weighted by Gasteiger charge is 2.23. The zero-order chi connectivity index (χ0) is 43.3. The Morgan fingerprint density at radius 1 is 0.328 bits per heavy atom. The Morgan fingerprint density at radius 2 is 0.750 bits per heavy atom. The number of aromatic nitrogens is 5. The molecule has 11 rings (SSSR count). The van der Waals surface area contributed by atoms with Gasteiger partial charge in [0.15, 0.2) is 17.5 Å². The van der Waals surface area contributed by atoms with E-state index < -0.39 is 0 Å². The Bertz CT molecular complexity index is 3680. The largest absolute Gasteiger partial charge is 0.247 e. The van der Waals surface area contributed by atoms with Crippen LogP contribution < -0.4 is 0 Å². The van der Waals surface area contributed by atoms with Gasteiger partial charge in [-0.2, -0.15) is 10.5 Å². The summed E-state index contributed by atoms with van der Waals surface area (Å²) in [6.07, 6.45) is 0. The summed E-state index contributed by atoms with van der Waals surface area (Å²) in [5, 5.41) is 25.7. The fraction of sp³-hybridized carbons (Fsp3) is 0.0351. The van der Waals surface area contributed by atoms with E-state index in [0.29, 0.717) is 28.6 Å². The lowest BCUT2D eigenvalue weighted by atomic mass is 9.85. The van der Waals surface area contributed by atoms with Crippen LogP contribution in [0.15, 0.2) is 176 Å². The number of fused-ring (bicyclic) bond motifs is 6. The summed E-state index contributed by atoms with van der Waals surface area (Å²) >= 11 is 0. The quantitative estimate of drug-likeness (QED) is 0.121. The molecule has 11 aromatic rings. The number of para-hydroxylation sites is 1. The number of pyridine rings is 2. The Labute approximate surface area is 369 Å². The van der Waals surface area contributed by atoms with Gasteiger partial charge in [0.1, 0.15) is 0 Å². The molecule has 0 unspecified atom stereocenters. The SMILES string of the molecule is Cc1c2c(-c3ccc(C#N)cc3)nc3cc(-c4cccc(-c5nc(-c6ccccc6)nc(-c6ccccc6)n5)c4)ccc3c2c(C)c2c(-c3ccc(C#N)cc3)nc3ccccc3c12. The summed E-state index contributed by atoms with van der Waals surface area (Å²) < 4.78 is 0. The van der Waals surface area contributed by atoms with E-state index in [1.165, 1.54) is 0 Å². The molecule has 0 saturated carbocycles. The van der Waals surface area contributed by atoms with Gasteiger partial charge in [0.25, 0.3) is 0 Å². The lowest BCUT2D eigenvalue weighted by Crippen LogP contribution is -2.00. The van der Waals surface area contributed by atoms with Crippen LogP contribution in [0.25, 0.3) is 111 Å². The van der Waals surface area contributed by atoms with Crippen LogP contribution in [-0.2, 0) is 0 Å². The van der Waals surface area contributed by atoms with Gasteiger partial charge in [-0.15, -0.1) is 0 Å². The molecule has 64 heavy (non-hydrogen) atoms. The van der Waals surface area contributed by atoms with Gasteiger partial charge in [0.05, 0.1) is 45.7 Å². The van der Waals surface area contributed by atoms with Crippen molar-refractivity contribution in [1.29, 1.82) is 10.5 Å². The van der Waals surface area contributed by atoms with Gasteiger partial charge < -0.3 is 0 Å². The Morgan fingerprint density at radius 3 is 1.30 bits per heavy atom. The lowest BCUT2D eigenvalue weighted by Gasteiger charge is -2.21. The Hall–Kier alpha value is -8.91. The van der Waals surface area contributed by atoms with Gasteiger partial charge in [-0.3, -0.25) is 0 Å². The van der Waals surface area contributed by atoms with Crippen LogP contribution in [0.5, 0.6) is 0 Å². The van der Waals surface area contributed by atoms with Crippen molar-refractivity contribution in [2.75, 3.05) is 0 Å². The first kappa shape index (κ1) is 38.0. The van der Waals surface area contributed by atoms with E-state index >= 15 is 0 Å². The average Bonchev–Trinajstić information content (AvgIpc) is 3.37. The van der Waals surface area contributed by atoms with Crippen molar-refractivity contribution in [2.24, 2.45) is 0 Å². The molecule has 0 bridgehead atoms. The van der Waals surface area contributed by atoms with Gasteiger partial charge in [-0.05, 0) is 89.3 Å². The van der Waals surface area contributed by atoms with E-state index in [-0.39, 0.29) is 0 Å². The molecule has 0 amide bonds. The molecular weight excluding hydrogens is 783 g/mol. The van der Waals surface area contributed by atoms with Crippen molar-refractivity contribution in [2.45, 2.75) is 13.8 Å². The van der Waals surface area contributed by atoms with Crippen molar-refractivity contribution in [1.82, 2.24) is 24.9 Å². The second kappa shape index (κ2) is 15.5. The molecule has 8 aromatic carbocycles. The number of hydrogen-bond donors (Lipinski definition) is 0. The number of hydrogen-bond acceptors (Lipinski definition) is 7. The van der Waals surface area contributed by atoms with Crippen LogP contribution in [-0.4, -0.2) is 24.9 Å². The minimum Gasteiger partial charge on any atom is -0.247 e. The molecule has 0 aliphatic heterocycles. The van der Waals surface area contributed by atoms with E-state index in [4.69, 9.17) is 24.9 Å². The first-order valence-corrected chi connectivity index (χ1v) is 21.0. The topological polar surface area (TPSA) is 112 Å². The standard InChI is InChI=1S/C57H35N7/c1-34-49-45-18-9-10-19-47(45)60-53(38-24-20-36(32-58)21-25-38)51(49)35(2)50-46-29-28-43(31-48(46)61-54(52(34)50)39-26-22-37(33-59)23-27-39)42-16-11-17-44(30-42)57-63-55(40-12-5-3-6-13-40)62-56(64-57)41-14-7-4-8-15-41/h3-31H,1-2H3. The van der Waals surface area contributed by atoms with Crippen LogP contribution in [0.4, 0.5) is 0 Å². The van der Waals surface area contributed by atoms with E-state index in [0.717, 1.165) is 105 Å². The predicted molar refractivity (Wildman–Crippen MR) is 257 cm³/mol. The van der Waals surface area contributed by atoms with E-state index in [9.17, 15) is 10.5 Å². The number of aryl methyl sites for hydroxylation is 2. The maximum atomic E-state index is 9.73. The number of benzene rings is 8.